The molecule has 90 valence electrons. The van der Waals surface area contributed by atoms with E-state index in [2.05, 4.69) is 15.3 Å². The fourth-order valence-corrected chi connectivity index (χ4v) is 1.31. The molecule has 5 nitrogen and oxygen atoms in total. The van der Waals surface area contributed by atoms with Crippen LogP contribution in [0.25, 0.3) is 0 Å². The lowest BCUT2D eigenvalue weighted by Gasteiger charge is -2.06. The highest BCUT2D eigenvalue weighted by Gasteiger charge is 1.97. The second-order valence-corrected chi connectivity index (χ2v) is 3.43. The summed E-state index contributed by atoms with van der Waals surface area (Å²) in [6, 6.07) is 1.79. The molecule has 0 saturated carbocycles. The SMILES string of the molecule is COCCCCCNc1cc(OC)ncn1. The Morgan fingerprint density at radius 1 is 1.19 bits per heavy atom. The fraction of sp³-hybridized carbons (Fsp3) is 0.636. The standard InChI is InChI=1S/C11H19N3O2/c1-15-7-5-3-4-6-12-10-8-11(16-2)14-9-13-10/h8-9H,3-7H2,1-2H3,(H,12,13,14). The van der Waals surface area contributed by atoms with Crippen LogP contribution in [0.2, 0.25) is 0 Å². The van der Waals surface area contributed by atoms with Crippen LogP contribution in [0.3, 0.4) is 0 Å². The molecule has 0 aliphatic carbocycles. The summed E-state index contributed by atoms with van der Waals surface area (Å²) < 4.78 is 9.99. The molecule has 5 heteroatoms. The van der Waals surface area contributed by atoms with Gasteiger partial charge in [0.25, 0.3) is 0 Å². The number of hydrogen-bond acceptors (Lipinski definition) is 5. The number of anilines is 1. The van der Waals surface area contributed by atoms with Crippen molar-refractivity contribution < 1.29 is 9.47 Å². The van der Waals surface area contributed by atoms with Gasteiger partial charge in [0.05, 0.1) is 7.11 Å². The Morgan fingerprint density at radius 3 is 2.81 bits per heavy atom. The summed E-state index contributed by atoms with van der Waals surface area (Å²) in [5.74, 6) is 1.38. The third-order valence-corrected chi connectivity index (χ3v) is 2.18. The molecule has 1 aromatic rings. The zero-order chi connectivity index (χ0) is 11.6. The predicted octanol–water partition coefficient (Wildman–Crippen LogP) is 1.71. The number of nitrogens with zero attached hydrogens (tertiary/aromatic N) is 2. The first kappa shape index (κ1) is 12.7. The van der Waals surface area contributed by atoms with Crippen LogP contribution in [0.4, 0.5) is 5.82 Å². The molecule has 1 N–H and O–H groups in total. The average molecular weight is 225 g/mol. The van der Waals surface area contributed by atoms with Gasteiger partial charge in [0.2, 0.25) is 5.88 Å². The molecule has 0 atom stereocenters. The number of unbranched alkanes of at least 4 members (excludes halogenated alkanes) is 2. The van der Waals surface area contributed by atoms with Gasteiger partial charge < -0.3 is 14.8 Å². The Labute approximate surface area is 96.2 Å². The molecule has 1 rings (SSSR count). The maximum atomic E-state index is 5.01. The van der Waals surface area contributed by atoms with Crippen molar-refractivity contribution in [3.8, 4) is 5.88 Å². The van der Waals surface area contributed by atoms with E-state index in [4.69, 9.17) is 9.47 Å². The maximum absolute atomic E-state index is 5.01. The Morgan fingerprint density at radius 2 is 2.06 bits per heavy atom. The average Bonchev–Trinajstić information content (AvgIpc) is 2.34. The van der Waals surface area contributed by atoms with E-state index in [1.165, 1.54) is 6.33 Å². The van der Waals surface area contributed by atoms with Crippen molar-refractivity contribution in [1.82, 2.24) is 9.97 Å². The van der Waals surface area contributed by atoms with Gasteiger partial charge in [-0.1, -0.05) is 0 Å². The number of methoxy groups -OCH3 is 2. The van der Waals surface area contributed by atoms with E-state index in [1.807, 2.05) is 0 Å². The van der Waals surface area contributed by atoms with Crippen molar-refractivity contribution in [1.29, 1.82) is 0 Å². The number of aromatic nitrogens is 2. The highest BCUT2D eigenvalue weighted by molar-refractivity contribution is 5.36. The Bertz CT molecular complexity index is 294. The summed E-state index contributed by atoms with van der Waals surface area (Å²) in [4.78, 5) is 8.03. The monoisotopic (exact) mass is 225 g/mol. The quantitative estimate of drug-likeness (QED) is 0.683. The van der Waals surface area contributed by atoms with Gasteiger partial charge in [-0.25, -0.2) is 9.97 Å². The van der Waals surface area contributed by atoms with E-state index in [0.29, 0.717) is 5.88 Å². The van der Waals surface area contributed by atoms with E-state index in [9.17, 15) is 0 Å². The molecule has 0 spiro atoms. The van der Waals surface area contributed by atoms with Crippen LogP contribution in [0.1, 0.15) is 19.3 Å². The first-order valence-corrected chi connectivity index (χ1v) is 5.45. The zero-order valence-electron chi connectivity index (χ0n) is 9.90. The molecule has 16 heavy (non-hydrogen) atoms. The molecule has 0 amide bonds. The van der Waals surface area contributed by atoms with Gasteiger partial charge in [-0.15, -0.1) is 0 Å². The first-order valence-electron chi connectivity index (χ1n) is 5.45. The van der Waals surface area contributed by atoms with Crippen molar-refractivity contribution >= 4 is 5.82 Å². The minimum atomic E-state index is 0.580. The van der Waals surface area contributed by atoms with E-state index >= 15 is 0 Å². The Hall–Kier alpha value is -1.36. The minimum absolute atomic E-state index is 0.580. The van der Waals surface area contributed by atoms with Crippen LogP contribution in [-0.2, 0) is 4.74 Å². The van der Waals surface area contributed by atoms with Crippen LogP contribution < -0.4 is 10.1 Å². The van der Waals surface area contributed by atoms with Crippen molar-refractivity contribution in [2.24, 2.45) is 0 Å². The Balaban J connectivity index is 2.16. The van der Waals surface area contributed by atoms with Crippen LogP contribution in [0.5, 0.6) is 5.88 Å². The van der Waals surface area contributed by atoms with Crippen molar-refractivity contribution in [2.45, 2.75) is 19.3 Å². The van der Waals surface area contributed by atoms with E-state index in [-0.39, 0.29) is 0 Å². The van der Waals surface area contributed by atoms with Crippen LogP contribution in [0.15, 0.2) is 12.4 Å². The second kappa shape index (κ2) is 7.87. The smallest absolute Gasteiger partial charge is 0.218 e. The molecule has 0 saturated heterocycles. The lowest BCUT2D eigenvalue weighted by Crippen LogP contribution is -2.04. The molecular formula is C11H19N3O2. The zero-order valence-corrected chi connectivity index (χ0v) is 9.90. The molecule has 0 radical (unpaired) electrons. The normalized spacial score (nSPS) is 10.1. The van der Waals surface area contributed by atoms with Gasteiger partial charge in [0.15, 0.2) is 0 Å². The number of rotatable bonds is 8. The van der Waals surface area contributed by atoms with Gasteiger partial charge >= 0.3 is 0 Å². The third-order valence-electron chi connectivity index (χ3n) is 2.18. The highest BCUT2D eigenvalue weighted by Crippen LogP contribution is 2.10. The van der Waals surface area contributed by atoms with Crippen LogP contribution >= 0.6 is 0 Å². The molecule has 1 heterocycles. The summed E-state index contributed by atoms with van der Waals surface area (Å²) in [6.07, 6.45) is 4.86. The Kier molecular flexibility index (Phi) is 6.25. The lowest BCUT2D eigenvalue weighted by atomic mass is 10.2. The van der Waals surface area contributed by atoms with E-state index in [0.717, 1.165) is 38.2 Å². The van der Waals surface area contributed by atoms with Gasteiger partial charge in [-0.05, 0) is 19.3 Å². The van der Waals surface area contributed by atoms with E-state index < -0.39 is 0 Å². The summed E-state index contributed by atoms with van der Waals surface area (Å²) in [5.41, 5.74) is 0. The predicted molar refractivity (Wildman–Crippen MR) is 62.8 cm³/mol. The van der Waals surface area contributed by atoms with Crippen molar-refractivity contribution in [3.05, 3.63) is 12.4 Å². The highest BCUT2D eigenvalue weighted by atomic mass is 16.5. The van der Waals surface area contributed by atoms with Crippen LogP contribution in [0, 0.1) is 0 Å². The van der Waals surface area contributed by atoms with Crippen molar-refractivity contribution in [3.63, 3.8) is 0 Å². The molecular weight excluding hydrogens is 206 g/mol. The molecule has 0 aliphatic heterocycles. The molecule has 0 aliphatic rings. The van der Waals surface area contributed by atoms with Gasteiger partial charge in [0.1, 0.15) is 12.1 Å². The topological polar surface area (TPSA) is 56.3 Å². The summed E-state index contributed by atoms with van der Waals surface area (Å²) in [6.45, 7) is 1.74. The van der Waals surface area contributed by atoms with Crippen LogP contribution in [-0.4, -0.2) is 37.3 Å². The van der Waals surface area contributed by atoms with Gasteiger partial charge in [-0.3, -0.25) is 0 Å². The number of ether oxygens (including phenoxy) is 2. The first-order chi connectivity index (χ1) is 7.86. The number of hydrogen-bond donors (Lipinski definition) is 1. The van der Waals surface area contributed by atoms with Gasteiger partial charge in [-0.2, -0.15) is 0 Å². The van der Waals surface area contributed by atoms with E-state index in [1.54, 1.807) is 20.3 Å². The largest absolute Gasteiger partial charge is 0.481 e. The molecule has 0 aromatic carbocycles. The van der Waals surface area contributed by atoms with Crippen molar-refractivity contribution in [2.75, 3.05) is 32.7 Å². The second-order valence-electron chi connectivity index (χ2n) is 3.43. The summed E-state index contributed by atoms with van der Waals surface area (Å²) >= 11 is 0. The molecule has 0 fully saturated rings. The number of nitrogens with one attached hydrogen (secondary N) is 1. The molecule has 0 bridgehead atoms. The third kappa shape index (κ3) is 4.93. The molecule has 1 aromatic heterocycles. The lowest BCUT2D eigenvalue weighted by molar-refractivity contribution is 0.192. The minimum Gasteiger partial charge on any atom is -0.481 e. The molecule has 0 unspecified atom stereocenters. The summed E-state index contributed by atoms with van der Waals surface area (Å²) in [7, 11) is 3.32. The fourth-order valence-electron chi connectivity index (χ4n) is 1.31. The van der Waals surface area contributed by atoms with Gasteiger partial charge in [0, 0.05) is 26.3 Å². The maximum Gasteiger partial charge on any atom is 0.218 e. The summed E-state index contributed by atoms with van der Waals surface area (Å²) in [5, 5.41) is 3.22.